The molecule has 0 aromatic heterocycles. The number of carbonyl (C=O) groups excluding carboxylic acids is 3. The van der Waals surface area contributed by atoms with Gasteiger partial charge in [0.1, 0.15) is 0 Å². The van der Waals surface area contributed by atoms with E-state index >= 15 is 0 Å². The minimum atomic E-state index is -1.19. The standard InChI is InChI=1S/C34H52O7/c1-21(2)31(38)39-20-29(37)34(6)30(40-32(41-34)24-11-8-7-9-12-24)18-23(4)22(3)17-28(36)27-14-10-13-25-19-26(35)15-16-33(25,27)5/h15-16,19,21-24,27-28,30,32,36H,7-14,17-18,20H2,1-6H3/t22-,23-,27-,28+,30-,32?,33+,34-/m1/s1. The molecule has 1 saturated heterocycles. The van der Waals surface area contributed by atoms with Gasteiger partial charge in [-0.15, -0.1) is 0 Å². The highest BCUT2D eigenvalue weighted by Crippen LogP contribution is 2.50. The van der Waals surface area contributed by atoms with Crippen molar-refractivity contribution in [2.24, 2.45) is 35.0 Å². The summed E-state index contributed by atoms with van der Waals surface area (Å²) in [7, 11) is 0. The smallest absolute Gasteiger partial charge is 0.308 e. The molecule has 0 amide bonds. The summed E-state index contributed by atoms with van der Waals surface area (Å²) in [4.78, 5) is 37.6. The van der Waals surface area contributed by atoms with Gasteiger partial charge >= 0.3 is 5.97 Å². The second-order valence-electron chi connectivity index (χ2n) is 14.0. The number of aliphatic hydroxyl groups excluding tert-OH is 1. The van der Waals surface area contributed by atoms with Crippen molar-refractivity contribution in [1.82, 2.24) is 0 Å². The maximum absolute atomic E-state index is 13.5. The first-order valence-corrected chi connectivity index (χ1v) is 16.0. The molecule has 7 heteroatoms. The zero-order valence-corrected chi connectivity index (χ0v) is 26.0. The molecule has 41 heavy (non-hydrogen) atoms. The second-order valence-corrected chi connectivity index (χ2v) is 14.0. The fraction of sp³-hybridized carbons (Fsp3) is 0.794. The number of carbonyl (C=O) groups is 3. The van der Waals surface area contributed by atoms with Gasteiger partial charge in [-0.1, -0.05) is 65.5 Å². The monoisotopic (exact) mass is 572 g/mol. The Morgan fingerprint density at radius 3 is 2.44 bits per heavy atom. The summed E-state index contributed by atoms with van der Waals surface area (Å²) in [5.41, 5.74) is -0.344. The Balaban J connectivity index is 1.43. The molecule has 1 aliphatic heterocycles. The van der Waals surface area contributed by atoms with Crippen LogP contribution in [0.5, 0.6) is 0 Å². The summed E-state index contributed by atoms with van der Waals surface area (Å²) in [6, 6.07) is 0. The van der Waals surface area contributed by atoms with Crippen molar-refractivity contribution in [3.63, 3.8) is 0 Å². The molecule has 0 bridgehead atoms. The number of hydrogen-bond acceptors (Lipinski definition) is 7. The first-order chi connectivity index (χ1) is 19.3. The minimum Gasteiger partial charge on any atom is -0.457 e. The third-order valence-electron chi connectivity index (χ3n) is 10.6. The summed E-state index contributed by atoms with van der Waals surface area (Å²) in [5, 5.41) is 11.5. The fourth-order valence-electron chi connectivity index (χ4n) is 7.42. The molecule has 0 spiro atoms. The first kappa shape index (κ1) is 32.1. The van der Waals surface area contributed by atoms with Crippen LogP contribution in [0, 0.1) is 35.0 Å². The number of esters is 1. The van der Waals surface area contributed by atoms with E-state index in [0.29, 0.717) is 12.8 Å². The molecule has 3 fully saturated rings. The number of allylic oxidation sites excluding steroid dienone is 4. The van der Waals surface area contributed by atoms with Crippen molar-refractivity contribution in [2.45, 2.75) is 130 Å². The van der Waals surface area contributed by atoms with Crippen LogP contribution in [0.2, 0.25) is 0 Å². The van der Waals surface area contributed by atoms with Crippen LogP contribution >= 0.6 is 0 Å². The molecule has 8 atom stereocenters. The van der Waals surface area contributed by atoms with Gasteiger partial charge in [0.15, 0.2) is 24.3 Å². The zero-order valence-electron chi connectivity index (χ0n) is 26.0. The molecule has 230 valence electrons. The highest BCUT2D eigenvalue weighted by Gasteiger charge is 2.54. The SMILES string of the molecule is CC(C)C(=O)OCC(=O)[C@@]1(C)OC(C2CCCCC2)O[C@@H]1C[C@@H](C)[C@H](C)C[C@H](O)[C@H]1CCCC2=CC(=O)C=C[C@@]21C. The van der Waals surface area contributed by atoms with Gasteiger partial charge in [-0.05, 0) is 81.8 Å². The number of aliphatic hydroxyl groups is 1. The van der Waals surface area contributed by atoms with E-state index in [2.05, 4.69) is 20.8 Å². The van der Waals surface area contributed by atoms with Crippen molar-refractivity contribution in [3.8, 4) is 0 Å². The van der Waals surface area contributed by atoms with Crippen LogP contribution in [0.4, 0.5) is 0 Å². The van der Waals surface area contributed by atoms with Crippen LogP contribution in [-0.4, -0.2) is 53.3 Å². The molecule has 0 aromatic carbocycles. The lowest BCUT2D eigenvalue weighted by Gasteiger charge is -2.45. The fourth-order valence-corrected chi connectivity index (χ4v) is 7.42. The van der Waals surface area contributed by atoms with Crippen molar-refractivity contribution in [3.05, 3.63) is 23.8 Å². The van der Waals surface area contributed by atoms with Crippen LogP contribution in [-0.2, 0) is 28.6 Å². The van der Waals surface area contributed by atoms with E-state index in [1.807, 2.05) is 6.08 Å². The lowest BCUT2D eigenvalue weighted by Crippen LogP contribution is -2.48. The van der Waals surface area contributed by atoms with E-state index in [1.54, 1.807) is 32.9 Å². The number of ether oxygens (including phenoxy) is 3. The van der Waals surface area contributed by atoms with Crippen LogP contribution < -0.4 is 0 Å². The number of Topliss-reactive ketones (excluding diaryl/α,β-unsaturated/α-hetero) is 1. The Morgan fingerprint density at radius 2 is 1.76 bits per heavy atom. The minimum absolute atomic E-state index is 0.0384. The van der Waals surface area contributed by atoms with Gasteiger partial charge in [-0.3, -0.25) is 14.4 Å². The Bertz CT molecular complexity index is 1020. The van der Waals surface area contributed by atoms with Gasteiger partial charge in [-0.2, -0.15) is 0 Å². The van der Waals surface area contributed by atoms with E-state index in [-0.39, 0.29) is 53.2 Å². The van der Waals surface area contributed by atoms with E-state index in [1.165, 1.54) is 6.42 Å². The Morgan fingerprint density at radius 1 is 1.05 bits per heavy atom. The predicted molar refractivity (Wildman–Crippen MR) is 157 cm³/mol. The predicted octanol–water partition coefficient (Wildman–Crippen LogP) is 6.12. The number of rotatable bonds is 11. The number of hydrogen-bond donors (Lipinski definition) is 1. The van der Waals surface area contributed by atoms with E-state index in [9.17, 15) is 19.5 Å². The molecule has 7 nitrogen and oxygen atoms in total. The summed E-state index contributed by atoms with van der Waals surface area (Å²) in [6.45, 7) is 11.4. The van der Waals surface area contributed by atoms with E-state index in [4.69, 9.17) is 14.2 Å². The molecule has 1 N–H and O–H groups in total. The van der Waals surface area contributed by atoms with Crippen LogP contribution in [0.3, 0.4) is 0 Å². The number of ketones is 2. The molecule has 0 radical (unpaired) electrons. The van der Waals surface area contributed by atoms with Crippen LogP contribution in [0.25, 0.3) is 0 Å². The summed E-state index contributed by atoms with van der Waals surface area (Å²) in [6.07, 6.45) is 13.6. The topological polar surface area (TPSA) is 99.1 Å². The average Bonchev–Trinajstić information content (AvgIpc) is 3.28. The summed E-state index contributed by atoms with van der Waals surface area (Å²) in [5.74, 6) is -0.277. The van der Waals surface area contributed by atoms with E-state index < -0.39 is 30.1 Å². The van der Waals surface area contributed by atoms with Crippen molar-refractivity contribution < 1.29 is 33.7 Å². The van der Waals surface area contributed by atoms with Gasteiger partial charge < -0.3 is 19.3 Å². The molecule has 1 unspecified atom stereocenters. The van der Waals surface area contributed by atoms with Gasteiger partial charge in [0.2, 0.25) is 5.78 Å². The van der Waals surface area contributed by atoms with Crippen LogP contribution in [0.1, 0.15) is 106 Å². The molecule has 1 heterocycles. The maximum atomic E-state index is 13.5. The van der Waals surface area contributed by atoms with E-state index in [0.717, 1.165) is 50.5 Å². The third-order valence-corrected chi connectivity index (χ3v) is 10.6. The van der Waals surface area contributed by atoms with Crippen molar-refractivity contribution in [1.29, 1.82) is 0 Å². The zero-order chi connectivity index (χ0) is 29.9. The van der Waals surface area contributed by atoms with Crippen molar-refractivity contribution in [2.75, 3.05) is 6.61 Å². The van der Waals surface area contributed by atoms with Gasteiger partial charge in [-0.25, -0.2) is 0 Å². The Kier molecular flexibility index (Phi) is 10.3. The molecule has 0 aromatic rings. The molecular weight excluding hydrogens is 520 g/mol. The summed E-state index contributed by atoms with van der Waals surface area (Å²) < 4.78 is 18.3. The van der Waals surface area contributed by atoms with Crippen molar-refractivity contribution >= 4 is 17.5 Å². The third kappa shape index (κ3) is 7.05. The Hall–Kier alpha value is -1.83. The first-order valence-electron chi connectivity index (χ1n) is 16.0. The molecule has 4 rings (SSSR count). The maximum Gasteiger partial charge on any atom is 0.308 e. The second kappa shape index (κ2) is 13.2. The summed E-state index contributed by atoms with van der Waals surface area (Å²) >= 11 is 0. The number of fused-ring (bicyclic) bond motifs is 1. The van der Waals surface area contributed by atoms with Crippen LogP contribution in [0.15, 0.2) is 23.8 Å². The lowest BCUT2D eigenvalue weighted by molar-refractivity contribution is -0.162. The lowest BCUT2D eigenvalue weighted by atomic mass is 9.60. The largest absolute Gasteiger partial charge is 0.457 e. The molecule has 2 saturated carbocycles. The molecular formula is C34H52O7. The average molecular weight is 573 g/mol. The normalized spacial score (nSPS) is 34.6. The molecule has 3 aliphatic carbocycles. The highest BCUT2D eigenvalue weighted by atomic mass is 16.7. The van der Waals surface area contributed by atoms with Gasteiger partial charge in [0.25, 0.3) is 0 Å². The van der Waals surface area contributed by atoms with Gasteiger partial charge in [0.05, 0.1) is 18.1 Å². The van der Waals surface area contributed by atoms with Gasteiger partial charge in [0, 0.05) is 11.3 Å². The Labute approximate surface area is 246 Å². The quantitative estimate of drug-likeness (QED) is 0.298. The molecule has 4 aliphatic rings. The highest BCUT2D eigenvalue weighted by molar-refractivity contribution is 6.01.